The monoisotopic (exact) mass is 315 g/mol. The van der Waals surface area contributed by atoms with E-state index >= 15 is 0 Å². The van der Waals surface area contributed by atoms with Crippen LogP contribution in [-0.2, 0) is 9.59 Å². The summed E-state index contributed by atoms with van der Waals surface area (Å²) in [6, 6.07) is 13.5. The van der Waals surface area contributed by atoms with Crippen molar-refractivity contribution >= 4 is 29.5 Å². The van der Waals surface area contributed by atoms with Gasteiger partial charge in [0.1, 0.15) is 18.1 Å². The average molecular weight is 316 g/mol. The summed E-state index contributed by atoms with van der Waals surface area (Å²) in [4.78, 5) is 25.2. The lowest BCUT2D eigenvalue weighted by Gasteiger charge is -2.44. The number of hydrogen-bond acceptors (Lipinski definition) is 3. The number of halogens is 1. The fraction of sp³-hybridized carbons (Fsp3) is 0.176. The molecule has 22 heavy (non-hydrogen) atoms. The van der Waals surface area contributed by atoms with Crippen molar-refractivity contribution in [3.63, 3.8) is 0 Å². The van der Waals surface area contributed by atoms with Gasteiger partial charge in [0.25, 0.3) is 5.91 Å². The largest absolute Gasteiger partial charge is 0.478 e. The predicted octanol–water partition coefficient (Wildman–Crippen LogP) is 3.01. The number of anilines is 1. The minimum absolute atomic E-state index is 0.221. The summed E-state index contributed by atoms with van der Waals surface area (Å²) < 4.78 is 5.63. The number of amides is 1. The number of rotatable bonds is 4. The number of aryl methyl sites for hydroxylation is 1. The topological polar surface area (TPSA) is 46.6 Å². The standard InChI is InChI=1S/C17H14ClNO3/c1-11-4-2-3-5-14(11)19-15(10-20)16(17(19)21)22-13-8-6-12(18)7-9-13/h2-10,15-16H,1H3. The van der Waals surface area contributed by atoms with Crippen molar-refractivity contribution in [1.29, 1.82) is 0 Å². The average Bonchev–Trinajstić information content (AvgIpc) is 2.53. The van der Waals surface area contributed by atoms with Gasteiger partial charge in [-0.1, -0.05) is 29.8 Å². The quantitative estimate of drug-likeness (QED) is 0.643. The molecule has 1 aliphatic rings. The molecule has 112 valence electrons. The lowest BCUT2D eigenvalue weighted by Crippen LogP contribution is -2.68. The number of carbonyl (C=O) groups is 2. The molecular weight excluding hydrogens is 302 g/mol. The van der Waals surface area contributed by atoms with Crippen LogP contribution in [0.4, 0.5) is 5.69 Å². The van der Waals surface area contributed by atoms with Crippen molar-refractivity contribution in [2.75, 3.05) is 4.90 Å². The molecule has 1 fully saturated rings. The number of hydrogen-bond donors (Lipinski definition) is 0. The van der Waals surface area contributed by atoms with Gasteiger partial charge < -0.3 is 9.53 Å². The van der Waals surface area contributed by atoms with Gasteiger partial charge in [0, 0.05) is 10.7 Å². The fourth-order valence-electron chi connectivity index (χ4n) is 2.51. The maximum absolute atomic E-state index is 12.4. The first kappa shape index (κ1) is 14.6. The van der Waals surface area contributed by atoms with Gasteiger partial charge in [-0.3, -0.25) is 9.69 Å². The van der Waals surface area contributed by atoms with E-state index < -0.39 is 12.1 Å². The third kappa shape index (κ3) is 2.46. The molecule has 0 aliphatic carbocycles. The fourth-order valence-corrected chi connectivity index (χ4v) is 2.63. The van der Waals surface area contributed by atoms with Crippen molar-refractivity contribution < 1.29 is 14.3 Å². The first-order valence-corrected chi connectivity index (χ1v) is 7.26. The summed E-state index contributed by atoms with van der Waals surface area (Å²) in [5.74, 6) is 0.292. The normalized spacial score (nSPS) is 20.5. The van der Waals surface area contributed by atoms with Crippen LogP contribution in [0.2, 0.25) is 5.02 Å². The van der Waals surface area contributed by atoms with E-state index in [1.807, 2.05) is 31.2 Å². The molecular formula is C17H14ClNO3. The molecule has 1 heterocycles. The maximum Gasteiger partial charge on any atom is 0.271 e. The molecule has 2 aromatic rings. The molecule has 0 bridgehead atoms. The van der Waals surface area contributed by atoms with Gasteiger partial charge in [0.05, 0.1) is 0 Å². The van der Waals surface area contributed by atoms with Crippen molar-refractivity contribution in [3.8, 4) is 5.75 Å². The van der Waals surface area contributed by atoms with Crippen LogP contribution in [0.25, 0.3) is 0 Å². The van der Waals surface area contributed by atoms with Crippen molar-refractivity contribution in [2.24, 2.45) is 0 Å². The molecule has 1 amide bonds. The lowest BCUT2D eigenvalue weighted by atomic mass is 9.96. The molecule has 0 saturated carbocycles. The van der Waals surface area contributed by atoms with E-state index in [4.69, 9.17) is 16.3 Å². The molecule has 5 heteroatoms. The second kappa shape index (κ2) is 5.81. The van der Waals surface area contributed by atoms with E-state index in [-0.39, 0.29) is 5.91 Å². The Kier molecular flexibility index (Phi) is 3.86. The SMILES string of the molecule is Cc1ccccc1N1C(=O)C(Oc2ccc(Cl)cc2)C1C=O. The summed E-state index contributed by atoms with van der Waals surface area (Å²) in [7, 11) is 0. The number of aldehydes is 1. The molecule has 0 aromatic heterocycles. The smallest absolute Gasteiger partial charge is 0.271 e. The molecule has 0 radical (unpaired) electrons. The third-order valence-corrected chi connectivity index (χ3v) is 3.93. The molecule has 2 unspecified atom stereocenters. The minimum atomic E-state index is -0.793. The summed E-state index contributed by atoms with van der Waals surface area (Å²) in [5, 5.41) is 0.584. The van der Waals surface area contributed by atoms with E-state index in [0.29, 0.717) is 10.8 Å². The van der Waals surface area contributed by atoms with Crippen LogP contribution in [0.3, 0.4) is 0 Å². The number of ether oxygens (including phenoxy) is 1. The van der Waals surface area contributed by atoms with Crippen LogP contribution in [0, 0.1) is 6.92 Å². The number of nitrogens with zero attached hydrogens (tertiary/aromatic N) is 1. The number of benzene rings is 2. The van der Waals surface area contributed by atoms with Crippen LogP contribution in [0.1, 0.15) is 5.56 Å². The number of carbonyl (C=O) groups excluding carboxylic acids is 2. The summed E-state index contributed by atoms with van der Waals surface area (Å²) in [5.41, 5.74) is 1.67. The van der Waals surface area contributed by atoms with Gasteiger partial charge in [-0.05, 0) is 42.8 Å². The zero-order chi connectivity index (χ0) is 15.7. The molecule has 2 atom stereocenters. The van der Waals surface area contributed by atoms with Gasteiger partial charge in [-0.2, -0.15) is 0 Å². The highest BCUT2D eigenvalue weighted by Crippen LogP contribution is 2.32. The Bertz CT molecular complexity index is 714. The summed E-state index contributed by atoms with van der Waals surface area (Å²) in [6.07, 6.45) is -0.0488. The zero-order valence-corrected chi connectivity index (χ0v) is 12.7. The van der Waals surface area contributed by atoms with E-state index in [2.05, 4.69) is 0 Å². The van der Waals surface area contributed by atoms with Gasteiger partial charge in [-0.25, -0.2) is 0 Å². The van der Waals surface area contributed by atoms with Gasteiger partial charge in [-0.15, -0.1) is 0 Å². The van der Waals surface area contributed by atoms with Gasteiger partial charge >= 0.3 is 0 Å². The Hall–Kier alpha value is -2.33. The van der Waals surface area contributed by atoms with E-state index in [0.717, 1.165) is 17.5 Å². The number of β-lactam (4-membered cyclic amide) rings is 1. The van der Waals surface area contributed by atoms with Crippen molar-refractivity contribution in [2.45, 2.75) is 19.1 Å². The molecule has 0 N–H and O–H groups in total. The van der Waals surface area contributed by atoms with Gasteiger partial charge in [0.15, 0.2) is 0 Å². The Morgan fingerprint density at radius 3 is 2.45 bits per heavy atom. The van der Waals surface area contributed by atoms with E-state index in [9.17, 15) is 9.59 Å². The highest BCUT2D eigenvalue weighted by molar-refractivity contribution is 6.30. The van der Waals surface area contributed by atoms with Crippen molar-refractivity contribution in [3.05, 3.63) is 59.1 Å². The first-order chi connectivity index (χ1) is 10.6. The Morgan fingerprint density at radius 2 is 1.82 bits per heavy atom. The minimum Gasteiger partial charge on any atom is -0.478 e. The van der Waals surface area contributed by atoms with E-state index in [1.54, 1.807) is 24.3 Å². The summed E-state index contributed by atoms with van der Waals surface area (Å²) in [6.45, 7) is 1.90. The molecule has 1 aliphatic heterocycles. The van der Waals surface area contributed by atoms with E-state index in [1.165, 1.54) is 4.90 Å². The van der Waals surface area contributed by atoms with Crippen LogP contribution in [-0.4, -0.2) is 24.3 Å². The van der Waals surface area contributed by atoms with Crippen LogP contribution in [0.15, 0.2) is 48.5 Å². The second-order valence-corrected chi connectivity index (χ2v) is 5.55. The molecule has 0 spiro atoms. The zero-order valence-electron chi connectivity index (χ0n) is 11.9. The molecule has 2 aromatic carbocycles. The first-order valence-electron chi connectivity index (χ1n) is 6.88. The van der Waals surface area contributed by atoms with Crippen molar-refractivity contribution in [1.82, 2.24) is 0 Å². The predicted molar refractivity (Wildman–Crippen MR) is 84.4 cm³/mol. The molecule has 4 nitrogen and oxygen atoms in total. The summed E-state index contributed by atoms with van der Waals surface area (Å²) >= 11 is 5.81. The Labute approximate surface area is 133 Å². The van der Waals surface area contributed by atoms with Crippen LogP contribution >= 0.6 is 11.6 Å². The van der Waals surface area contributed by atoms with Crippen LogP contribution < -0.4 is 9.64 Å². The van der Waals surface area contributed by atoms with Crippen LogP contribution in [0.5, 0.6) is 5.75 Å². The highest BCUT2D eigenvalue weighted by atomic mass is 35.5. The van der Waals surface area contributed by atoms with Gasteiger partial charge in [0.2, 0.25) is 6.10 Å². The molecule has 3 rings (SSSR count). The maximum atomic E-state index is 12.4. The lowest BCUT2D eigenvalue weighted by molar-refractivity contribution is -0.138. The second-order valence-electron chi connectivity index (χ2n) is 5.11. The Morgan fingerprint density at radius 1 is 1.14 bits per heavy atom. The molecule has 1 saturated heterocycles. The third-order valence-electron chi connectivity index (χ3n) is 3.68. The Balaban J connectivity index is 1.81. The highest BCUT2D eigenvalue weighted by Gasteiger charge is 2.50. The number of para-hydroxylation sites is 1.